The molecule has 0 atom stereocenters. The molecule has 0 aliphatic carbocycles. The second kappa shape index (κ2) is 8.57. The SMILES string of the molecule is Cc1ccccc1NC(=O)CCC(=O)NN=Cc1ccc(F)cc1. The second-order valence-electron chi connectivity index (χ2n) is 5.21. The van der Waals surface area contributed by atoms with Gasteiger partial charge in [-0.3, -0.25) is 9.59 Å². The van der Waals surface area contributed by atoms with Crippen molar-refractivity contribution in [2.24, 2.45) is 5.10 Å². The molecule has 0 aromatic heterocycles. The third-order valence-corrected chi connectivity index (χ3v) is 3.27. The predicted octanol–water partition coefficient (Wildman–Crippen LogP) is 3.00. The molecule has 0 unspecified atom stereocenters. The molecule has 0 fully saturated rings. The number of hydrazone groups is 1. The Morgan fingerprint density at radius 1 is 1.04 bits per heavy atom. The van der Waals surface area contributed by atoms with Crippen LogP contribution in [0.5, 0.6) is 0 Å². The zero-order chi connectivity index (χ0) is 17.4. The van der Waals surface area contributed by atoms with Gasteiger partial charge in [0.15, 0.2) is 0 Å². The number of nitrogens with zero attached hydrogens (tertiary/aromatic N) is 1. The number of hydrogen-bond donors (Lipinski definition) is 2. The molecule has 0 saturated carbocycles. The van der Waals surface area contributed by atoms with Crippen molar-refractivity contribution in [1.82, 2.24) is 5.43 Å². The molecule has 0 aliphatic heterocycles. The Morgan fingerprint density at radius 2 is 1.71 bits per heavy atom. The van der Waals surface area contributed by atoms with Crippen molar-refractivity contribution in [3.8, 4) is 0 Å². The van der Waals surface area contributed by atoms with Gasteiger partial charge in [0, 0.05) is 18.5 Å². The van der Waals surface area contributed by atoms with Gasteiger partial charge in [0.05, 0.1) is 6.21 Å². The van der Waals surface area contributed by atoms with E-state index in [1.165, 1.54) is 18.3 Å². The first-order valence-electron chi connectivity index (χ1n) is 7.47. The van der Waals surface area contributed by atoms with Crippen LogP contribution < -0.4 is 10.7 Å². The lowest BCUT2D eigenvalue weighted by Crippen LogP contribution is -2.20. The number of carbonyl (C=O) groups is 2. The molecule has 24 heavy (non-hydrogen) atoms. The van der Waals surface area contributed by atoms with E-state index < -0.39 is 0 Å². The first-order valence-corrected chi connectivity index (χ1v) is 7.47. The highest BCUT2D eigenvalue weighted by Crippen LogP contribution is 2.13. The summed E-state index contributed by atoms with van der Waals surface area (Å²) in [5, 5.41) is 6.53. The third kappa shape index (κ3) is 5.64. The van der Waals surface area contributed by atoms with E-state index in [0.717, 1.165) is 11.3 Å². The summed E-state index contributed by atoms with van der Waals surface area (Å²) in [6.45, 7) is 1.90. The van der Waals surface area contributed by atoms with Gasteiger partial charge in [-0.05, 0) is 36.2 Å². The zero-order valence-corrected chi connectivity index (χ0v) is 13.3. The highest BCUT2D eigenvalue weighted by atomic mass is 19.1. The van der Waals surface area contributed by atoms with Crippen molar-refractivity contribution < 1.29 is 14.0 Å². The maximum atomic E-state index is 12.7. The van der Waals surface area contributed by atoms with E-state index in [1.807, 2.05) is 25.1 Å². The third-order valence-electron chi connectivity index (χ3n) is 3.27. The number of aryl methyl sites for hydroxylation is 1. The first-order chi connectivity index (χ1) is 11.5. The maximum absolute atomic E-state index is 12.7. The van der Waals surface area contributed by atoms with Gasteiger partial charge in [0.1, 0.15) is 5.82 Å². The topological polar surface area (TPSA) is 70.6 Å². The van der Waals surface area contributed by atoms with E-state index in [4.69, 9.17) is 0 Å². The van der Waals surface area contributed by atoms with Crippen LogP contribution >= 0.6 is 0 Å². The predicted molar refractivity (Wildman–Crippen MR) is 91.2 cm³/mol. The Kier molecular flexibility index (Phi) is 6.19. The van der Waals surface area contributed by atoms with Crippen LogP contribution in [0.4, 0.5) is 10.1 Å². The van der Waals surface area contributed by atoms with Crippen molar-refractivity contribution >= 4 is 23.7 Å². The van der Waals surface area contributed by atoms with Gasteiger partial charge in [-0.15, -0.1) is 0 Å². The van der Waals surface area contributed by atoms with E-state index in [2.05, 4.69) is 15.8 Å². The minimum atomic E-state index is -0.367. The Labute approximate surface area is 139 Å². The van der Waals surface area contributed by atoms with Crippen molar-refractivity contribution in [2.75, 3.05) is 5.32 Å². The van der Waals surface area contributed by atoms with Crippen molar-refractivity contribution in [3.05, 3.63) is 65.5 Å². The molecule has 6 heteroatoms. The molecular formula is C18H18FN3O2. The molecule has 2 N–H and O–H groups in total. The molecule has 0 aliphatic rings. The standard InChI is InChI=1S/C18H18FN3O2/c1-13-4-2-3-5-16(13)21-17(23)10-11-18(24)22-20-12-14-6-8-15(19)9-7-14/h2-9,12H,10-11H2,1H3,(H,21,23)(H,22,24). The lowest BCUT2D eigenvalue weighted by molar-refractivity contribution is -0.124. The lowest BCUT2D eigenvalue weighted by atomic mass is 10.2. The van der Waals surface area contributed by atoms with Gasteiger partial charge in [0.2, 0.25) is 11.8 Å². The number of hydrogen-bond acceptors (Lipinski definition) is 3. The molecular weight excluding hydrogens is 309 g/mol. The van der Waals surface area contributed by atoms with Crippen LogP contribution in [0, 0.1) is 12.7 Å². The summed E-state index contributed by atoms with van der Waals surface area (Å²) in [6, 6.07) is 13.1. The van der Waals surface area contributed by atoms with Gasteiger partial charge in [-0.1, -0.05) is 30.3 Å². The van der Waals surface area contributed by atoms with Crippen LogP contribution in [0.15, 0.2) is 53.6 Å². The number of amides is 2. The van der Waals surface area contributed by atoms with Gasteiger partial charge >= 0.3 is 0 Å². The summed E-state index contributed by atoms with van der Waals surface area (Å²) < 4.78 is 12.7. The Bertz CT molecular complexity index is 742. The number of nitrogens with one attached hydrogen (secondary N) is 2. The van der Waals surface area contributed by atoms with Crippen LogP contribution in [0.3, 0.4) is 0 Å². The summed E-state index contributed by atoms with van der Waals surface area (Å²) in [7, 11) is 0. The monoisotopic (exact) mass is 327 g/mol. The number of benzene rings is 2. The van der Waals surface area contributed by atoms with Crippen molar-refractivity contribution in [3.63, 3.8) is 0 Å². The zero-order valence-electron chi connectivity index (χ0n) is 13.3. The molecule has 0 radical (unpaired) electrons. The minimum absolute atomic E-state index is 0.0263. The van der Waals surface area contributed by atoms with Crippen LogP contribution in [-0.2, 0) is 9.59 Å². The second-order valence-corrected chi connectivity index (χ2v) is 5.21. The molecule has 0 saturated heterocycles. The molecule has 5 nitrogen and oxygen atoms in total. The molecule has 2 rings (SSSR count). The molecule has 2 aromatic carbocycles. The molecule has 0 spiro atoms. The fourth-order valence-electron chi connectivity index (χ4n) is 1.94. The van der Waals surface area contributed by atoms with Crippen LogP contribution in [-0.4, -0.2) is 18.0 Å². The molecule has 2 aromatic rings. The molecule has 0 heterocycles. The molecule has 2 amide bonds. The number of anilines is 1. The van der Waals surface area contributed by atoms with Crippen molar-refractivity contribution in [1.29, 1.82) is 0 Å². The van der Waals surface area contributed by atoms with Gasteiger partial charge in [-0.2, -0.15) is 5.10 Å². The Balaban J connectivity index is 1.73. The highest BCUT2D eigenvalue weighted by Gasteiger charge is 2.07. The van der Waals surface area contributed by atoms with Crippen molar-refractivity contribution in [2.45, 2.75) is 19.8 Å². The quantitative estimate of drug-likeness (QED) is 0.632. The minimum Gasteiger partial charge on any atom is -0.326 e. The molecule has 0 bridgehead atoms. The summed E-state index contributed by atoms with van der Waals surface area (Å²) in [4.78, 5) is 23.5. The Morgan fingerprint density at radius 3 is 2.42 bits per heavy atom. The number of para-hydroxylation sites is 1. The first kappa shape index (κ1) is 17.3. The summed E-state index contributed by atoms with van der Waals surface area (Å²) in [5.41, 5.74) is 4.69. The summed E-state index contributed by atoms with van der Waals surface area (Å²) in [6.07, 6.45) is 1.50. The molecule has 124 valence electrons. The maximum Gasteiger partial charge on any atom is 0.240 e. The summed E-state index contributed by atoms with van der Waals surface area (Å²) in [5.74, 6) is -0.939. The average molecular weight is 327 g/mol. The highest BCUT2D eigenvalue weighted by molar-refractivity contribution is 5.93. The number of rotatable bonds is 6. The van der Waals surface area contributed by atoms with E-state index in [9.17, 15) is 14.0 Å². The number of carbonyl (C=O) groups excluding carboxylic acids is 2. The fraction of sp³-hybridized carbons (Fsp3) is 0.167. The van der Waals surface area contributed by atoms with E-state index >= 15 is 0 Å². The van der Waals surface area contributed by atoms with E-state index in [0.29, 0.717) is 5.56 Å². The normalized spacial score (nSPS) is 10.6. The lowest BCUT2D eigenvalue weighted by Gasteiger charge is -2.07. The largest absolute Gasteiger partial charge is 0.326 e. The fourth-order valence-corrected chi connectivity index (χ4v) is 1.94. The van der Waals surface area contributed by atoms with Gasteiger partial charge in [0.25, 0.3) is 0 Å². The van der Waals surface area contributed by atoms with E-state index in [1.54, 1.807) is 18.2 Å². The van der Waals surface area contributed by atoms with Crippen LogP contribution in [0.1, 0.15) is 24.0 Å². The van der Waals surface area contributed by atoms with Crippen LogP contribution in [0.2, 0.25) is 0 Å². The smallest absolute Gasteiger partial charge is 0.240 e. The van der Waals surface area contributed by atoms with Gasteiger partial charge < -0.3 is 5.32 Å². The van der Waals surface area contributed by atoms with Gasteiger partial charge in [-0.25, -0.2) is 9.82 Å². The number of halogens is 1. The summed E-state index contributed by atoms with van der Waals surface area (Å²) >= 11 is 0. The van der Waals surface area contributed by atoms with E-state index in [-0.39, 0.29) is 30.5 Å². The average Bonchev–Trinajstić information content (AvgIpc) is 2.57. The Hall–Kier alpha value is -3.02. The van der Waals surface area contributed by atoms with Crippen LogP contribution in [0.25, 0.3) is 0 Å².